The van der Waals surface area contributed by atoms with E-state index in [4.69, 9.17) is 0 Å². The predicted octanol–water partition coefficient (Wildman–Crippen LogP) is 1.83. The molecule has 0 saturated heterocycles. The first-order chi connectivity index (χ1) is 9.62. The van der Waals surface area contributed by atoms with Crippen molar-refractivity contribution in [2.24, 2.45) is 0 Å². The lowest BCUT2D eigenvalue weighted by molar-refractivity contribution is -0.147. The van der Waals surface area contributed by atoms with Crippen LogP contribution >= 0.6 is 11.8 Å². The summed E-state index contributed by atoms with van der Waals surface area (Å²) < 4.78 is 0. The summed E-state index contributed by atoms with van der Waals surface area (Å²) in [5.41, 5.74) is 0.0190. The molecule has 6 heteroatoms. The molecule has 0 bridgehead atoms. The monoisotopic (exact) mass is 294 g/mol. The van der Waals surface area contributed by atoms with Gasteiger partial charge in [-0.2, -0.15) is 0 Å². The van der Waals surface area contributed by atoms with Crippen molar-refractivity contribution in [3.8, 4) is 0 Å². The maximum atomic E-state index is 11.9. The molecule has 1 aromatic rings. The Hall–Kier alpha value is -1.56. The van der Waals surface area contributed by atoms with Gasteiger partial charge >= 0.3 is 5.97 Å². The van der Waals surface area contributed by atoms with Crippen molar-refractivity contribution in [2.45, 2.75) is 37.0 Å². The molecule has 1 heterocycles. The van der Waals surface area contributed by atoms with Crippen LogP contribution in [0.5, 0.6) is 0 Å². The van der Waals surface area contributed by atoms with Crippen LogP contribution in [0.2, 0.25) is 0 Å². The third-order valence-corrected chi connectivity index (χ3v) is 4.47. The second-order valence-electron chi connectivity index (χ2n) is 5.00. The topological polar surface area (TPSA) is 79.3 Å². The highest BCUT2D eigenvalue weighted by atomic mass is 32.2. The minimum Gasteiger partial charge on any atom is -0.480 e. The van der Waals surface area contributed by atoms with E-state index >= 15 is 0 Å². The average molecular weight is 294 g/mol. The molecule has 0 aliphatic heterocycles. The Morgan fingerprint density at radius 1 is 1.40 bits per heavy atom. The van der Waals surface area contributed by atoms with Crippen molar-refractivity contribution in [3.05, 3.63) is 30.1 Å². The van der Waals surface area contributed by atoms with E-state index in [1.165, 1.54) is 11.8 Å². The average Bonchev–Trinajstić information content (AvgIpc) is 2.90. The molecule has 20 heavy (non-hydrogen) atoms. The van der Waals surface area contributed by atoms with Crippen molar-refractivity contribution in [1.82, 2.24) is 10.3 Å². The zero-order valence-corrected chi connectivity index (χ0v) is 12.0. The molecular weight excluding hydrogens is 276 g/mol. The number of nitrogens with zero attached hydrogens (tertiary/aromatic N) is 1. The number of hydrogen-bond acceptors (Lipinski definition) is 4. The Bertz CT molecular complexity index is 473. The number of carbonyl (C=O) groups is 2. The molecule has 1 fully saturated rings. The van der Waals surface area contributed by atoms with Gasteiger partial charge in [0.05, 0.1) is 5.75 Å². The second kappa shape index (κ2) is 6.74. The maximum absolute atomic E-state index is 11.9. The third-order valence-electron chi connectivity index (χ3n) is 3.47. The van der Waals surface area contributed by atoms with Crippen molar-refractivity contribution >= 4 is 23.6 Å². The van der Waals surface area contributed by atoms with Gasteiger partial charge in [-0.25, -0.2) is 4.79 Å². The number of pyridine rings is 1. The Morgan fingerprint density at radius 2 is 2.15 bits per heavy atom. The number of thioether (sulfide) groups is 1. The molecule has 2 rings (SSSR count). The molecule has 0 atom stereocenters. The highest BCUT2D eigenvalue weighted by molar-refractivity contribution is 7.99. The fourth-order valence-electron chi connectivity index (χ4n) is 2.42. The van der Waals surface area contributed by atoms with Crippen LogP contribution in [0.4, 0.5) is 0 Å². The van der Waals surface area contributed by atoms with Gasteiger partial charge in [0.2, 0.25) is 5.91 Å². The van der Waals surface area contributed by atoms with Gasteiger partial charge in [-0.3, -0.25) is 9.78 Å². The van der Waals surface area contributed by atoms with E-state index in [1.807, 2.05) is 12.1 Å². The number of carboxylic acids is 1. The Labute approximate surface area is 122 Å². The van der Waals surface area contributed by atoms with E-state index < -0.39 is 11.5 Å². The third kappa shape index (κ3) is 3.72. The molecule has 0 spiro atoms. The number of amides is 1. The van der Waals surface area contributed by atoms with Gasteiger partial charge in [0.25, 0.3) is 0 Å². The lowest BCUT2D eigenvalue weighted by Crippen LogP contribution is -2.53. The van der Waals surface area contributed by atoms with Crippen LogP contribution in [0, 0.1) is 0 Å². The molecule has 1 aliphatic carbocycles. The summed E-state index contributed by atoms with van der Waals surface area (Å²) in [5, 5.41) is 12.0. The summed E-state index contributed by atoms with van der Waals surface area (Å²) in [7, 11) is 0. The van der Waals surface area contributed by atoms with E-state index in [-0.39, 0.29) is 11.7 Å². The van der Waals surface area contributed by atoms with Crippen LogP contribution in [0.3, 0.4) is 0 Å². The van der Waals surface area contributed by atoms with Gasteiger partial charge in [0.1, 0.15) is 5.54 Å². The lowest BCUT2D eigenvalue weighted by Gasteiger charge is -2.25. The Kier molecular flexibility index (Phi) is 5.00. The summed E-state index contributed by atoms with van der Waals surface area (Å²) in [5.74, 6) is -0.158. The zero-order valence-electron chi connectivity index (χ0n) is 11.2. The minimum atomic E-state index is -1.04. The summed E-state index contributed by atoms with van der Waals surface area (Å²) in [6.45, 7) is 0. The quantitative estimate of drug-likeness (QED) is 0.836. The van der Waals surface area contributed by atoms with E-state index in [2.05, 4.69) is 10.3 Å². The number of aliphatic carboxylic acids is 1. The molecular formula is C14H18N2O3S. The molecule has 5 nitrogen and oxygen atoms in total. The summed E-state index contributed by atoms with van der Waals surface area (Å²) in [4.78, 5) is 27.2. The fraction of sp³-hybridized carbons (Fsp3) is 0.500. The highest BCUT2D eigenvalue weighted by Crippen LogP contribution is 2.30. The van der Waals surface area contributed by atoms with Gasteiger partial charge in [-0.1, -0.05) is 18.9 Å². The summed E-state index contributed by atoms with van der Waals surface area (Å²) in [6, 6.07) is 3.81. The van der Waals surface area contributed by atoms with Crippen LogP contribution in [0.25, 0.3) is 0 Å². The number of carbonyl (C=O) groups excluding carboxylic acids is 1. The fourth-order valence-corrected chi connectivity index (χ4v) is 3.19. The molecule has 0 aromatic carbocycles. The van der Waals surface area contributed by atoms with Gasteiger partial charge in [0, 0.05) is 18.1 Å². The van der Waals surface area contributed by atoms with Crippen LogP contribution in [-0.4, -0.2) is 33.3 Å². The Balaban J connectivity index is 1.79. The van der Waals surface area contributed by atoms with Crippen molar-refractivity contribution in [1.29, 1.82) is 0 Å². The standard InChI is InChI=1S/C14H18N2O3S/c17-12(10-20-9-11-4-3-7-15-8-11)16-14(13(18)19)5-1-2-6-14/h3-4,7-8H,1-2,5-6,9-10H2,(H,16,17)(H,18,19). The van der Waals surface area contributed by atoms with Crippen LogP contribution in [-0.2, 0) is 15.3 Å². The summed E-state index contributed by atoms with van der Waals surface area (Å²) in [6.07, 6.45) is 6.24. The molecule has 0 unspecified atom stereocenters. The van der Waals surface area contributed by atoms with Crippen LogP contribution in [0.15, 0.2) is 24.5 Å². The van der Waals surface area contributed by atoms with Crippen LogP contribution in [0.1, 0.15) is 31.2 Å². The number of hydrogen-bond donors (Lipinski definition) is 2. The van der Waals surface area contributed by atoms with E-state index in [0.717, 1.165) is 18.4 Å². The van der Waals surface area contributed by atoms with Crippen molar-refractivity contribution < 1.29 is 14.7 Å². The van der Waals surface area contributed by atoms with Crippen molar-refractivity contribution in [3.63, 3.8) is 0 Å². The molecule has 1 aromatic heterocycles. The number of rotatable bonds is 6. The molecule has 1 saturated carbocycles. The van der Waals surface area contributed by atoms with Gasteiger partial charge < -0.3 is 10.4 Å². The first-order valence-corrected chi connectivity index (χ1v) is 7.79. The smallest absolute Gasteiger partial charge is 0.329 e. The SMILES string of the molecule is O=C(CSCc1cccnc1)NC1(C(=O)O)CCCC1. The molecule has 2 N–H and O–H groups in total. The molecule has 0 radical (unpaired) electrons. The molecule has 1 amide bonds. The lowest BCUT2D eigenvalue weighted by atomic mass is 9.98. The number of aromatic nitrogens is 1. The highest BCUT2D eigenvalue weighted by Gasteiger charge is 2.42. The van der Waals surface area contributed by atoms with E-state index in [0.29, 0.717) is 18.6 Å². The number of carboxylic acid groups (broad SMARTS) is 1. The number of nitrogens with one attached hydrogen (secondary N) is 1. The molecule has 108 valence electrons. The first kappa shape index (κ1) is 14.8. The summed E-state index contributed by atoms with van der Waals surface area (Å²) >= 11 is 1.46. The van der Waals surface area contributed by atoms with E-state index in [9.17, 15) is 14.7 Å². The molecule has 1 aliphatic rings. The first-order valence-electron chi connectivity index (χ1n) is 6.63. The van der Waals surface area contributed by atoms with Gasteiger partial charge in [0.15, 0.2) is 0 Å². The van der Waals surface area contributed by atoms with Crippen molar-refractivity contribution in [2.75, 3.05) is 5.75 Å². The predicted molar refractivity (Wildman–Crippen MR) is 77.4 cm³/mol. The normalized spacial score (nSPS) is 16.8. The van der Waals surface area contributed by atoms with Crippen LogP contribution < -0.4 is 5.32 Å². The largest absolute Gasteiger partial charge is 0.480 e. The van der Waals surface area contributed by atoms with Gasteiger partial charge in [-0.15, -0.1) is 11.8 Å². The van der Waals surface area contributed by atoms with Gasteiger partial charge in [-0.05, 0) is 24.5 Å². The second-order valence-corrected chi connectivity index (χ2v) is 5.98. The zero-order chi connectivity index (χ0) is 14.4. The minimum absolute atomic E-state index is 0.205. The Morgan fingerprint density at radius 3 is 2.75 bits per heavy atom. The van der Waals surface area contributed by atoms with E-state index in [1.54, 1.807) is 12.4 Å². The maximum Gasteiger partial charge on any atom is 0.329 e.